The van der Waals surface area contributed by atoms with Gasteiger partial charge < -0.3 is 25.0 Å². The number of nitrogens with zero attached hydrogens (tertiary/aromatic N) is 2. The van der Waals surface area contributed by atoms with E-state index in [4.69, 9.17) is 9.47 Å². The number of nitrogens with one attached hydrogen (secondary N) is 1. The Morgan fingerprint density at radius 2 is 1.96 bits per heavy atom. The van der Waals surface area contributed by atoms with E-state index in [1.165, 1.54) is 12.3 Å². The minimum Gasteiger partial charge on any atom is -0.455 e. The van der Waals surface area contributed by atoms with Crippen LogP contribution in [0.15, 0.2) is 47.4 Å². The molecule has 0 saturated carbocycles. The SMILES string of the molecule is CC(=O)O[C@H]1[C@H](O)[C@H](O)CO[C@@H]1n1ccc(NC(=O)c2ccccc2)nc1=O. The molecule has 3 N–H and O–H groups in total. The monoisotopic (exact) mass is 389 g/mol. The van der Waals surface area contributed by atoms with E-state index in [1.807, 2.05) is 0 Å². The van der Waals surface area contributed by atoms with Crippen LogP contribution < -0.4 is 11.0 Å². The van der Waals surface area contributed by atoms with Crippen LogP contribution in [0.25, 0.3) is 0 Å². The Morgan fingerprint density at radius 1 is 1.25 bits per heavy atom. The Kier molecular flexibility index (Phi) is 5.83. The van der Waals surface area contributed by atoms with Crippen LogP contribution in [0.4, 0.5) is 5.82 Å². The number of amides is 1. The van der Waals surface area contributed by atoms with Gasteiger partial charge in [-0.3, -0.25) is 14.2 Å². The summed E-state index contributed by atoms with van der Waals surface area (Å²) in [6, 6.07) is 9.77. The molecule has 0 aliphatic carbocycles. The van der Waals surface area contributed by atoms with E-state index >= 15 is 0 Å². The summed E-state index contributed by atoms with van der Waals surface area (Å²) < 4.78 is 11.4. The summed E-state index contributed by atoms with van der Waals surface area (Å²) in [5.74, 6) is -1.12. The number of carbonyl (C=O) groups excluding carboxylic acids is 2. The van der Waals surface area contributed by atoms with Crippen LogP contribution in [0.1, 0.15) is 23.5 Å². The highest BCUT2D eigenvalue weighted by Crippen LogP contribution is 2.26. The molecule has 1 fully saturated rings. The highest BCUT2D eigenvalue weighted by Gasteiger charge is 2.42. The summed E-state index contributed by atoms with van der Waals surface area (Å²) in [6.45, 7) is 0.872. The zero-order chi connectivity index (χ0) is 20.3. The molecule has 2 aromatic rings. The summed E-state index contributed by atoms with van der Waals surface area (Å²) in [5, 5.41) is 22.3. The van der Waals surface area contributed by atoms with Crippen LogP contribution >= 0.6 is 0 Å². The Bertz CT molecular complexity index is 915. The number of rotatable bonds is 4. The van der Waals surface area contributed by atoms with Crippen molar-refractivity contribution in [3.63, 3.8) is 0 Å². The number of ether oxygens (including phenoxy) is 2. The Hall–Kier alpha value is -3.08. The molecule has 1 amide bonds. The van der Waals surface area contributed by atoms with Gasteiger partial charge in [0, 0.05) is 18.7 Å². The highest BCUT2D eigenvalue weighted by molar-refractivity contribution is 6.03. The lowest BCUT2D eigenvalue weighted by Crippen LogP contribution is -2.54. The van der Waals surface area contributed by atoms with Crippen LogP contribution in [0.2, 0.25) is 0 Å². The first-order valence-electron chi connectivity index (χ1n) is 8.47. The van der Waals surface area contributed by atoms with Crippen LogP contribution in [0, 0.1) is 0 Å². The maximum absolute atomic E-state index is 12.4. The molecule has 0 unspecified atom stereocenters. The van der Waals surface area contributed by atoms with Gasteiger partial charge in [0.25, 0.3) is 5.91 Å². The van der Waals surface area contributed by atoms with Gasteiger partial charge in [0.1, 0.15) is 18.0 Å². The fourth-order valence-electron chi connectivity index (χ4n) is 2.79. The molecular formula is C18H19N3O7. The second kappa shape index (κ2) is 8.30. The molecule has 1 aromatic heterocycles. The van der Waals surface area contributed by atoms with Crippen molar-refractivity contribution >= 4 is 17.7 Å². The molecular weight excluding hydrogens is 370 g/mol. The number of aliphatic hydroxyl groups excluding tert-OH is 2. The van der Waals surface area contributed by atoms with Gasteiger partial charge in [0.2, 0.25) is 0 Å². The fourth-order valence-corrected chi connectivity index (χ4v) is 2.79. The van der Waals surface area contributed by atoms with E-state index in [0.29, 0.717) is 5.56 Å². The number of anilines is 1. The standard InChI is InChI=1S/C18H19N3O7/c1-10(22)28-15-14(24)12(23)9-27-17(15)21-8-7-13(20-18(21)26)19-16(25)11-5-3-2-4-6-11/h2-8,12,14-15,17,23-24H,9H2,1H3,(H,19,20,25,26)/t12-,14-,15+,17+/m1/s1. The van der Waals surface area contributed by atoms with Gasteiger partial charge in [-0.05, 0) is 18.2 Å². The first-order chi connectivity index (χ1) is 13.4. The molecule has 3 rings (SSSR count). The molecule has 0 bridgehead atoms. The third-order valence-electron chi connectivity index (χ3n) is 4.13. The van der Waals surface area contributed by atoms with Crippen molar-refractivity contribution in [1.82, 2.24) is 9.55 Å². The number of benzene rings is 1. The Labute approximate surface area is 159 Å². The molecule has 2 heterocycles. The number of esters is 1. The predicted molar refractivity (Wildman–Crippen MR) is 95.4 cm³/mol. The number of carbonyl (C=O) groups is 2. The van der Waals surface area contributed by atoms with Crippen molar-refractivity contribution in [3.05, 3.63) is 58.6 Å². The molecule has 1 saturated heterocycles. The van der Waals surface area contributed by atoms with Crippen LogP contribution in [0.5, 0.6) is 0 Å². The van der Waals surface area contributed by atoms with E-state index in [1.54, 1.807) is 30.3 Å². The molecule has 4 atom stereocenters. The zero-order valence-electron chi connectivity index (χ0n) is 14.9. The smallest absolute Gasteiger partial charge is 0.351 e. The maximum atomic E-state index is 12.4. The Morgan fingerprint density at radius 3 is 2.61 bits per heavy atom. The second-order valence-corrected chi connectivity index (χ2v) is 6.18. The van der Waals surface area contributed by atoms with Crippen molar-refractivity contribution in [2.24, 2.45) is 0 Å². The Balaban J connectivity index is 1.82. The highest BCUT2D eigenvalue weighted by atomic mass is 16.6. The zero-order valence-corrected chi connectivity index (χ0v) is 14.9. The molecule has 1 aliphatic heterocycles. The summed E-state index contributed by atoms with van der Waals surface area (Å²) in [5.41, 5.74) is -0.396. The average molecular weight is 389 g/mol. The van der Waals surface area contributed by atoms with Crippen molar-refractivity contribution < 1.29 is 29.3 Å². The van der Waals surface area contributed by atoms with Crippen LogP contribution in [-0.4, -0.2) is 56.6 Å². The number of aliphatic hydroxyl groups is 2. The molecule has 1 aromatic carbocycles. The van der Waals surface area contributed by atoms with Gasteiger partial charge in [-0.15, -0.1) is 0 Å². The van der Waals surface area contributed by atoms with Gasteiger partial charge in [0.15, 0.2) is 12.3 Å². The number of hydrogen-bond donors (Lipinski definition) is 3. The molecule has 148 valence electrons. The minimum absolute atomic E-state index is 0.0236. The molecule has 10 nitrogen and oxygen atoms in total. The summed E-state index contributed by atoms with van der Waals surface area (Å²) in [4.78, 5) is 39.7. The molecule has 0 radical (unpaired) electrons. The maximum Gasteiger partial charge on any atom is 0.351 e. The van der Waals surface area contributed by atoms with E-state index in [2.05, 4.69) is 10.3 Å². The van der Waals surface area contributed by atoms with E-state index in [0.717, 1.165) is 11.5 Å². The first kappa shape index (κ1) is 19.7. The van der Waals surface area contributed by atoms with Crippen molar-refractivity contribution in [1.29, 1.82) is 0 Å². The average Bonchev–Trinajstić information content (AvgIpc) is 2.67. The van der Waals surface area contributed by atoms with E-state index in [-0.39, 0.29) is 12.4 Å². The lowest BCUT2D eigenvalue weighted by Gasteiger charge is -2.37. The van der Waals surface area contributed by atoms with E-state index in [9.17, 15) is 24.6 Å². The number of aromatic nitrogens is 2. The third kappa shape index (κ3) is 4.25. The first-order valence-corrected chi connectivity index (χ1v) is 8.47. The van der Waals surface area contributed by atoms with Crippen LogP contribution in [-0.2, 0) is 14.3 Å². The lowest BCUT2D eigenvalue weighted by molar-refractivity contribution is -0.225. The van der Waals surface area contributed by atoms with E-state index < -0.39 is 42.1 Å². The molecule has 0 spiro atoms. The molecule has 1 aliphatic rings. The quantitative estimate of drug-likeness (QED) is 0.605. The van der Waals surface area contributed by atoms with Gasteiger partial charge in [-0.25, -0.2) is 4.79 Å². The summed E-state index contributed by atoms with van der Waals surface area (Å²) in [6.07, 6.45) is -3.89. The second-order valence-electron chi connectivity index (χ2n) is 6.18. The van der Waals surface area contributed by atoms with Gasteiger partial charge >= 0.3 is 11.7 Å². The lowest BCUT2D eigenvalue weighted by atomic mass is 10.0. The summed E-state index contributed by atoms with van der Waals surface area (Å²) in [7, 11) is 0. The topological polar surface area (TPSA) is 140 Å². The van der Waals surface area contributed by atoms with Gasteiger partial charge in [-0.1, -0.05) is 18.2 Å². The molecule has 28 heavy (non-hydrogen) atoms. The number of hydrogen-bond acceptors (Lipinski definition) is 8. The van der Waals surface area contributed by atoms with Crippen LogP contribution in [0.3, 0.4) is 0 Å². The predicted octanol–water partition coefficient (Wildman–Crippen LogP) is -0.322. The minimum atomic E-state index is -1.44. The molecule has 10 heteroatoms. The normalized spacial score (nSPS) is 24.4. The summed E-state index contributed by atoms with van der Waals surface area (Å²) >= 11 is 0. The van der Waals surface area contributed by atoms with Crippen molar-refractivity contribution in [2.75, 3.05) is 11.9 Å². The van der Waals surface area contributed by atoms with Gasteiger partial charge in [-0.2, -0.15) is 4.98 Å². The van der Waals surface area contributed by atoms with Gasteiger partial charge in [0.05, 0.1) is 6.61 Å². The fraction of sp³-hybridized carbons (Fsp3) is 0.333. The van der Waals surface area contributed by atoms with Crippen molar-refractivity contribution in [2.45, 2.75) is 31.5 Å². The largest absolute Gasteiger partial charge is 0.455 e. The third-order valence-corrected chi connectivity index (χ3v) is 4.13. The van der Waals surface area contributed by atoms with Crippen molar-refractivity contribution in [3.8, 4) is 0 Å².